The highest BCUT2D eigenvalue weighted by Crippen LogP contribution is 2.47. The highest BCUT2D eigenvalue weighted by molar-refractivity contribution is 4.89. The fourth-order valence-electron chi connectivity index (χ4n) is 5.84. The van der Waals surface area contributed by atoms with Crippen LogP contribution in [0.3, 0.4) is 0 Å². The van der Waals surface area contributed by atoms with E-state index in [4.69, 9.17) is 9.47 Å². The molecule has 1 saturated heterocycles. The van der Waals surface area contributed by atoms with Crippen molar-refractivity contribution in [2.75, 3.05) is 20.2 Å². The van der Waals surface area contributed by atoms with Crippen molar-refractivity contribution in [1.82, 2.24) is 4.90 Å². The van der Waals surface area contributed by atoms with Gasteiger partial charge in [0, 0.05) is 25.4 Å². The Bertz CT molecular complexity index is 422. The molecule has 1 unspecified atom stereocenters. The van der Waals surface area contributed by atoms with E-state index in [1.165, 1.54) is 57.8 Å². The summed E-state index contributed by atoms with van der Waals surface area (Å²) in [7, 11) is 2.31. The van der Waals surface area contributed by atoms with Crippen molar-refractivity contribution >= 4 is 0 Å². The molecular weight excluding hydrogens is 322 g/mol. The van der Waals surface area contributed by atoms with E-state index in [1.54, 1.807) is 0 Å². The number of ether oxygens (including phenoxy) is 2. The molecule has 3 aliphatic rings. The topological polar surface area (TPSA) is 21.7 Å². The summed E-state index contributed by atoms with van der Waals surface area (Å²) in [6, 6.07) is 0.775. The van der Waals surface area contributed by atoms with E-state index >= 15 is 0 Å². The number of hydrogen-bond acceptors (Lipinski definition) is 3. The molecule has 3 nitrogen and oxygen atoms in total. The minimum Gasteiger partial charge on any atom is -0.350 e. The molecule has 0 radical (unpaired) electrons. The largest absolute Gasteiger partial charge is 0.350 e. The Balaban J connectivity index is 1.50. The van der Waals surface area contributed by atoms with Crippen LogP contribution in [0.1, 0.15) is 97.8 Å². The van der Waals surface area contributed by atoms with Crippen molar-refractivity contribution in [1.29, 1.82) is 0 Å². The number of rotatable bonds is 6. The van der Waals surface area contributed by atoms with Gasteiger partial charge in [-0.2, -0.15) is 0 Å². The minimum absolute atomic E-state index is 0.269. The summed E-state index contributed by atoms with van der Waals surface area (Å²) in [5.41, 5.74) is 0.464. The predicted octanol–water partition coefficient (Wildman–Crippen LogP) is 5.77. The Morgan fingerprint density at radius 3 is 2.35 bits per heavy atom. The molecule has 1 aliphatic heterocycles. The molecule has 0 aromatic heterocycles. The van der Waals surface area contributed by atoms with Gasteiger partial charge in [0.25, 0.3) is 0 Å². The fraction of sp³-hybridized carbons (Fsp3) is 1.00. The van der Waals surface area contributed by atoms with E-state index in [-0.39, 0.29) is 5.79 Å². The lowest BCUT2D eigenvalue weighted by Gasteiger charge is -2.48. The zero-order chi connectivity index (χ0) is 18.6. The van der Waals surface area contributed by atoms with Crippen LogP contribution in [0, 0.1) is 11.3 Å². The van der Waals surface area contributed by atoms with Gasteiger partial charge < -0.3 is 14.4 Å². The van der Waals surface area contributed by atoms with Gasteiger partial charge in [0.1, 0.15) is 0 Å². The van der Waals surface area contributed by atoms with Gasteiger partial charge in [0.15, 0.2) is 5.79 Å². The highest BCUT2D eigenvalue weighted by Gasteiger charge is 2.44. The van der Waals surface area contributed by atoms with Gasteiger partial charge in [-0.15, -0.1) is 0 Å². The molecule has 0 bridgehead atoms. The van der Waals surface area contributed by atoms with Crippen LogP contribution in [0.25, 0.3) is 0 Å². The van der Waals surface area contributed by atoms with Crippen LogP contribution in [0.15, 0.2) is 0 Å². The van der Waals surface area contributed by atoms with Crippen LogP contribution in [0.2, 0.25) is 0 Å². The average molecular weight is 366 g/mol. The molecular formula is C23H43NO2. The highest BCUT2D eigenvalue weighted by atomic mass is 16.7. The van der Waals surface area contributed by atoms with Crippen LogP contribution in [-0.2, 0) is 9.47 Å². The van der Waals surface area contributed by atoms with Gasteiger partial charge in [-0.3, -0.25) is 0 Å². The minimum atomic E-state index is -0.269. The molecule has 3 fully saturated rings. The lowest BCUT2D eigenvalue weighted by molar-refractivity contribution is -0.311. The number of hydrogen-bond donors (Lipinski definition) is 0. The zero-order valence-corrected chi connectivity index (χ0v) is 17.9. The summed E-state index contributed by atoms with van der Waals surface area (Å²) >= 11 is 0. The molecule has 1 spiro atoms. The van der Waals surface area contributed by atoms with Crippen LogP contribution in [-0.4, -0.2) is 43.0 Å². The lowest BCUT2D eigenvalue weighted by Crippen LogP contribution is -2.51. The lowest BCUT2D eigenvalue weighted by atomic mass is 9.67. The molecule has 0 aromatic rings. The third kappa shape index (κ3) is 5.02. The van der Waals surface area contributed by atoms with Gasteiger partial charge in [0.2, 0.25) is 0 Å². The third-order valence-electron chi connectivity index (χ3n) is 7.62. The van der Waals surface area contributed by atoms with Crippen molar-refractivity contribution < 1.29 is 9.47 Å². The van der Waals surface area contributed by atoms with Crippen molar-refractivity contribution in [3.05, 3.63) is 0 Å². The van der Waals surface area contributed by atoms with E-state index in [0.717, 1.165) is 44.4 Å². The van der Waals surface area contributed by atoms with Crippen molar-refractivity contribution in [2.45, 2.75) is 116 Å². The summed E-state index contributed by atoms with van der Waals surface area (Å²) in [5, 5.41) is 0. The van der Waals surface area contributed by atoms with Gasteiger partial charge in [-0.05, 0) is 56.9 Å². The number of nitrogens with zero attached hydrogens (tertiary/aromatic N) is 1. The fourth-order valence-corrected chi connectivity index (χ4v) is 5.84. The first kappa shape index (κ1) is 20.6. The maximum Gasteiger partial charge on any atom is 0.168 e. The zero-order valence-electron chi connectivity index (χ0n) is 17.9. The molecule has 0 aromatic carbocycles. The SMILES string of the molecule is CCCC(C)(C)C1CCC2(CC1)OCCC(CN(C)C1CCCCC1)O2. The smallest absolute Gasteiger partial charge is 0.168 e. The van der Waals surface area contributed by atoms with Gasteiger partial charge in [-0.1, -0.05) is 46.5 Å². The second-order valence-corrected chi connectivity index (χ2v) is 10.0. The molecule has 2 aliphatic carbocycles. The third-order valence-corrected chi connectivity index (χ3v) is 7.62. The Kier molecular flexibility index (Phi) is 7.07. The molecule has 152 valence electrons. The summed E-state index contributed by atoms with van der Waals surface area (Å²) < 4.78 is 12.9. The first-order valence-corrected chi connectivity index (χ1v) is 11.5. The van der Waals surface area contributed by atoms with E-state index in [1.807, 2.05) is 0 Å². The molecule has 1 atom stereocenters. The van der Waals surface area contributed by atoms with Gasteiger partial charge in [0.05, 0.1) is 12.7 Å². The standard InChI is InChI=1S/C23H43NO2/c1-5-14-22(2,3)19-11-15-23(16-12-19)25-17-13-21(26-23)18-24(4)20-9-7-6-8-10-20/h19-21H,5-18H2,1-4H3. The van der Waals surface area contributed by atoms with E-state index < -0.39 is 0 Å². The average Bonchev–Trinajstić information content (AvgIpc) is 2.63. The Morgan fingerprint density at radius 1 is 1.00 bits per heavy atom. The van der Waals surface area contributed by atoms with Crippen LogP contribution >= 0.6 is 0 Å². The van der Waals surface area contributed by atoms with E-state index in [0.29, 0.717) is 11.5 Å². The first-order valence-electron chi connectivity index (χ1n) is 11.5. The summed E-state index contributed by atoms with van der Waals surface area (Å²) in [6.45, 7) is 9.20. The Labute approximate surface area is 162 Å². The second-order valence-electron chi connectivity index (χ2n) is 10.0. The maximum absolute atomic E-state index is 6.63. The molecule has 1 heterocycles. The quantitative estimate of drug-likeness (QED) is 0.596. The Morgan fingerprint density at radius 2 is 1.69 bits per heavy atom. The molecule has 26 heavy (non-hydrogen) atoms. The molecule has 3 rings (SSSR count). The monoisotopic (exact) mass is 365 g/mol. The molecule has 2 saturated carbocycles. The van der Waals surface area contributed by atoms with Crippen molar-refractivity contribution in [2.24, 2.45) is 11.3 Å². The summed E-state index contributed by atoms with van der Waals surface area (Å²) in [6.07, 6.45) is 15.7. The van der Waals surface area contributed by atoms with Crippen LogP contribution in [0.4, 0.5) is 0 Å². The van der Waals surface area contributed by atoms with E-state index in [9.17, 15) is 0 Å². The summed E-state index contributed by atoms with van der Waals surface area (Å²) in [4.78, 5) is 2.58. The number of likely N-dealkylation sites (N-methyl/N-ethyl adjacent to an activating group) is 1. The normalized spacial score (nSPS) is 34.5. The molecule has 0 N–H and O–H groups in total. The summed E-state index contributed by atoms with van der Waals surface area (Å²) in [5.74, 6) is 0.556. The maximum atomic E-state index is 6.63. The van der Waals surface area contributed by atoms with Crippen LogP contribution < -0.4 is 0 Å². The van der Waals surface area contributed by atoms with Gasteiger partial charge in [-0.25, -0.2) is 0 Å². The van der Waals surface area contributed by atoms with Gasteiger partial charge >= 0.3 is 0 Å². The second kappa shape index (κ2) is 8.92. The predicted molar refractivity (Wildman–Crippen MR) is 108 cm³/mol. The van der Waals surface area contributed by atoms with Crippen molar-refractivity contribution in [3.8, 4) is 0 Å². The van der Waals surface area contributed by atoms with E-state index in [2.05, 4.69) is 32.7 Å². The molecule has 0 amide bonds. The first-order chi connectivity index (χ1) is 12.4. The molecule has 3 heteroatoms. The Hall–Kier alpha value is -0.120. The van der Waals surface area contributed by atoms with Crippen LogP contribution in [0.5, 0.6) is 0 Å². The van der Waals surface area contributed by atoms with Crippen molar-refractivity contribution in [3.63, 3.8) is 0 Å².